The first-order valence-corrected chi connectivity index (χ1v) is 9.95. The lowest BCUT2D eigenvalue weighted by molar-refractivity contribution is 0.426. The van der Waals surface area contributed by atoms with E-state index < -0.39 is 10.0 Å². The molecule has 0 amide bonds. The normalized spacial score (nSPS) is 23.4. The van der Waals surface area contributed by atoms with Crippen molar-refractivity contribution in [1.82, 2.24) is 4.72 Å². The molecule has 1 heterocycles. The first kappa shape index (κ1) is 15.8. The summed E-state index contributed by atoms with van der Waals surface area (Å²) < 4.78 is 28.2. The average Bonchev–Trinajstić information content (AvgIpc) is 2.80. The van der Waals surface area contributed by atoms with Crippen LogP contribution in [-0.2, 0) is 16.4 Å². The van der Waals surface area contributed by atoms with Crippen LogP contribution in [0.5, 0.6) is 0 Å². The summed E-state index contributed by atoms with van der Waals surface area (Å²) in [5, 5.41) is 3.36. The minimum Gasteiger partial charge on any atom is -0.382 e. The van der Waals surface area contributed by atoms with E-state index in [2.05, 4.69) is 17.0 Å². The third-order valence-electron chi connectivity index (χ3n) is 4.74. The second kappa shape index (κ2) is 6.59. The van der Waals surface area contributed by atoms with E-state index >= 15 is 0 Å². The molecule has 4 nitrogen and oxygen atoms in total. The van der Waals surface area contributed by atoms with Crippen molar-refractivity contribution in [2.75, 3.05) is 5.32 Å². The van der Waals surface area contributed by atoms with E-state index in [1.165, 1.54) is 19.3 Å². The van der Waals surface area contributed by atoms with E-state index in [0.717, 1.165) is 43.4 Å². The fourth-order valence-corrected chi connectivity index (χ4v) is 4.91. The zero-order valence-electron chi connectivity index (χ0n) is 13.3. The molecule has 5 heteroatoms. The van der Waals surface area contributed by atoms with Crippen molar-refractivity contribution >= 4 is 15.7 Å². The quantitative estimate of drug-likeness (QED) is 0.896. The van der Waals surface area contributed by atoms with Gasteiger partial charge in [-0.2, -0.15) is 0 Å². The van der Waals surface area contributed by atoms with Crippen LogP contribution in [-0.4, -0.2) is 20.5 Å². The summed E-state index contributed by atoms with van der Waals surface area (Å²) in [4.78, 5) is 0.407. The first-order chi connectivity index (χ1) is 10.5. The van der Waals surface area contributed by atoms with Gasteiger partial charge in [0.1, 0.15) is 0 Å². The lowest BCUT2D eigenvalue weighted by atomic mass is 9.97. The van der Waals surface area contributed by atoms with Crippen LogP contribution in [0.25, 0.3) is 0 Å². The molecule has 0 bridgehead atoms. The van der Waals surface area contributed by atoms with Crippen molar-refractivity contribution in [2.45, 2.75) is 75.3 Å². The molecule has 1 aromatic carbocycles. The Kier molecular flexibility index (Phi) is 4.73. The van der Waals surface area contributed by atoms with Gasteiger partial charge in [0.2, 0.25) is 10.0 Å². The van der Waals surface area contributed by atoms with Crippen LogP contribution in [0.1, 0.15) is 57.4 Å². The molecule has 0 unspecified atom stereocenters. The summed E-state index contributed by atoms with van der Waals surface area (Å²) in [6.07, 6.45) is 8.79. The van der Waals surface area contributed by atoms with E-state index in [4.69, 9.17) is 0 Å². The molecule has 0 saturated heterocycles. The minimum absolute atomic E-state index is 0.0932. The number of rotatable bonds is 3. The number of hydrogen-bond donors (Lipinski definition) is 2. The van der Waals surface area contributed by atoms with E-state index in [0.29, 0.717) is 10.9 Å². The van der Waals surface area contributed by atoms with Gasteiger partial charge in [-0.15, -0.1) is 0 Å². The highest BCUT2D eigenvalue weighted by molar-refractivity contribution is 7.89. The van der Waals surface area contributed by atoms with Gasteiger partial charge in [-0.05, 0) is 49.9 Å². The van der Waals surface area contributed by atoms with Crippen molar-refractivity contribution < 1.29 is 8.42 Å². The molecule has 0 radical (unpaired) electrons. The maximum Gasteiger partial charge on any atom is 0.240 e. The zero-order valence-corrected chi connectivity index (χ0v) is 14.1. The number of anilines is 1. The van der Waals surface area contributed by atoms with Crippen LogP contribution in [0.3, 0.4) is 0 Å². The Labute approximate surface area is 133 Å². The second-order valence-corrected chi connectivity index (χ2v) is 8.45. The third-order valence-corrected chi connectivity index (χ3v) is 6.26. The summed E-state index contributed by atoms with van der Waals surface area (Å²) in [6.45, 7) is 2.11. The fourth-order valence-electron chi connectivity index (χ4n) is 3.55. The predicted octanol–water partition coefficient (Wildman–Crippen LogP) is 3.43. The Morgan fingerprint density at radius 1 is 1.09 bits per heavy atom. The van der Waals surface area contributed by atoms with Gasteiger partial charge in [-0.3, -0.25) is 0 Å². The smallest absolute Gasteiger partial charge is 0.240 e. The van der Waals surface area contributed by atoms with Gasteiger partial charge in [0.15, 0.2) is 0 Å². The Hall–Kier alpha value is -1.07. The van der Waals surface area contributed by atoms with Crippen LogP contribution in [0.2, 0.25) is 0 Å². The van der Waals surface area contributed by atoms with Gasteiger partial charge in [0.25, 0.3) is 0 Å². The molecule has 122 valence electrons. The molecule has 1 atom stereocenters. The van der Waals surface area contributed by atoms with E-state index in [1.807, 2.05) is 12.1 Å². The van der Waals surface area contributed by atoms with Gasteiger partial charge < -0.3 is 5.32 Å². The van der Waals surface area contributed by atoms with Crippen LogP contribution >= 0.6 is 0 Å². The minimum atomic E-state index is -3.40. The van der Waals surface area contributed by atoms with Crippen molar-refractivity contribution in [3.8, 4) is 0 Å². The Bertz CT molecular complexity index is 620. The van der Waals surface area contributed by atoms with E-state index in [-0.39, 0.29) is 6.04 Å². The number of nitrogens with one attached hydrogen (secondary N) is 2. The molecular formula is C17H26N2O2S. The summed E-state index contributed by atoms with van der Waals surface area (Å²) in [5.41, 5.74) is 2.17. The van der Waals surface area contributed by atoms with Crippen LogP contribution in [0, 0.1) is 0 Å². The molecule has 1 fully saturated rings. The van der Waals surface area contributed by atoms with Gasteiger partial charge in [0.05, 0.1) is 4.90 Å². The molecule has 0 aromatic heterocycles. The molecular weight excluding hydrogens is 296 g/mol. The number of benzene rings is 1. The monoisotopic (exact) mass is 322 g/mol. The number of hydrogen-bond acceptors (Lipinski definition) is 3. The highest BCUT2D eigenvalue weighted by Gasteiger charge is 2.23. The summed E-state index contributed by atoms with van der Waals surface area (Å²) in [7, 11) is -3.40. The summed E-state index contributed by atoms with van der Waals surface area (Å²) in [5.74, 6) is 0. The molecule has 2 N–H and O–H groups in total. The van der Waals surface area contributed by atoms with E-state index in [1.54, 1.807) is 6.07 Å². The topological polar surface area (TPSA) is 58.2 Å². The molecule has 3 rings (SSSR count). The van der Waals surface area contributed by atoms with Gasteiger partial charge in [0, 0.05) is 17.8 Å². The molecule has 0 spiro atoms. The Morgan fingerprint density at radius 3 is 2.50 bits per heavy atom. The van der Waals surface area contributed by atoms with Crippen LogP contribution < -0.4 is 10.0 Å². The van der Waals surface area contributed by atoms with Gasteiger partial charge in [-0.25, -0.2) is 13.1 Å². The fraction of sp³-hybridized carbons (Fsp3) is 0.647. The van der Waals surface area contributed by atoms with E-state index in [9.17, 15) is 8.42 Å². The lowest BCUT2D eigenvalue weighted by Gasteiger charge is -2.21. The van der Waals surface area contributed by atoms with Crippen molar-refractivity contribution in [2.24, 2.45) is 0 Å². The second-order valence-electron chi connectivity index (χ2n) is 6.73. The highest BCUT2D eigenvalue weighted by Crippen LogP contribution is 2.28. The summed E-state index contributed by atoms with van der Waals surface area (Å²) in [6, 6.07) is 5.92. The van der Waals surface area contributed by atoms with Crippen molar-refractivity contribution in [3.05, 3.63) is 23.8 Å². The zero-order chi connectivity index (χ0) is 15.6. The molecule has 1 aliphatic heterocycles. The standard InChI is InChI=1S/C17H26N2O2S/c1-13-11-14-12-16(9-10-17(14)18-13)22(20,21)19-15-7-5-3-2-4-6-8-15/h9-10,12-13,15,18-19H,2-8,11H2,1H3/t13-/m0/s1. The van der Waals surface area contributed by atoms with Crippen molar-refractivity contribution in [3.63, 3.8) is 0 Å². The maximum absolute atomic E-state index is 12.6. The lowest BCUT2D eigenvalue weighted by Crippen LogP contribution is -2.35. The Balaban J connectivity index is 1.74. The van der Waals surface area contributed by atoms with Crippen molar-refractivity contribution in [1.29, 1.82) is 0 Å². The predicted molar refractivity (Wildman–Crippen MR) is 89.7 cm³/mol. The third kappa shape index (κ3) is 3.63. The Morgan fingerprint density at radius 2 is 1.77 bits per heavy atom. The average molecular weight is 322 g/mol. The van der Waals surface area contributed by atoms with Crippen LogP contribution in [0.4, 0.5) is 5.69 Å². The highest BCUT2D eigenvalue weighted by atomic mass is 32.2. The largest absolute Gasteiger partial charge is 0.382 e. The SMILES string of the molecule is C[C@H]1Cc2cc(S(=O)(=O)NC3CCCCCCC3)ccc2N1. The molecule has 2 aliphatic rings. The molecule has 1 aromatic rings. The first-order valence-electron chi connectivity index (χ1n) is 8.46. The maximum atomic E-state index is 12.6. The number of sulfonamides is 1. The molecule has 1 aliphatic carbocycles. The van der Waals surface area contributed by atoms with Gasteiger partial charge >= 0.3 is 0 Å². The molecule has 1 saturated carbocycles. The summed E-state index contributed by atoms with van der Waals surface area (Å²) >= 11 is 0. The van der Waals surface area contributed by atoms with Crippen LogP contribution in [0.15, 0.2) is 23.1 Å². The molecule has 22 heavy (non-hydrogen) atoms. The van der Waals surface area contributed by atoms with Gasteiger partial charge in [-0.1, -0.05) is 32.1 Å². The number of fused-ring (bicyclic) bond motifs is 1.